The van der Waals surface area contributed by atoms with Crippen molar-refractivity contribution >= 4 is 24.0 Å². The number of hydrogen-bond donors (Lipinski definition) is 1. The lowest BCUT2D eigenvalue weighted by atomic mass is 10.1. The zero-order valence-electron chi connectivity index (χ0n) is 8.70. The van der Waals surface area contributed by atoms with Gasteiger partial charge in [-0.3, -0.25) is 0 Å². The van der Waals surface area contributed by atoms with Crippen molar-refractivity contribution in [2.45, 2.75) is 6.10 Å². The van der Waals surface area contributed by atoms with Crippen molar-refractivity contribution in [3.63, 3.8) is 0 Å². The van der Waals surface area contributed by atoms with Gasteiger partial charge in [-0.25, -0.2) is 0 Å². The Morgan fingerprint density at radius 2 is 2.07 bits per heavy atom. The number of methoxy groups -OCH3 is 2. The molecule has 0 fully saturated rings. The lowest BCUT2D eigenvalue weighted by Gasteiger charge is -2.14. The average molecular weight is 252 g/mol. The highest BCUT2D eigenvalue weighted by Gasteiger charge is 2.10. The molecule has 0 bridgehead atoms. The van der Waals surface area contributed by atoms with Crippen LogP contribution in [-0.2, 0) is 4.74 Å². The standard InChI is InChI=1S/C10H14ClNO2.ClH/c1-13-9-5-7(3-4-8(9)11)10(6-12)14-2;/h3-5,10H,6,12H2,1-2H3;1H. The third kappa shape index (κ3) is 3.54. The van der Waals surface area contributed by atoms with Gasteiger partial charge in [0.05, 0.1) is 18.2 Å². The molecule has 0 aliphatic rings. The summed E-state index contributed by atoms with van der Waals surface area (Å²) in [7, 11) is 3.20. The SMILES string of the molecule is COc1cc(C(CN)OC)ccc1Cl.Cl. The molecule has 0 aromatic heterocycles. The summed E-state index contributed by atoms with van der Waals surface area (Å²) in [5.74, 6) is 0.639. The van der Waals surface area contributed by atoms with E-state index in [0.717, 1.165) is 5.56 Å². The minimum Gasteiger partial charge on any atom is -0.495 e. The van der Waals surface area contributed by atoms with Crippen LogP contribution in [0.15, 0.2) is 18.2 Å². The Bertz CT molecular complexity index is 303. The first-order chi connectivity index (χ1) is 6.72. The van der Waals surface area contributed by atoms with Gasteiger partial charge in [0.15, 0.2) is 0 Å². The summed E-state index contributed by atoms with van der Waals surface area (Å²) in [4.78, 5) is 0. The molecule has 5 heteroatoms. The molecule has 3 nitrogen and oxygen atoms in total. The van der Waals surface area contributed by atoms with Gasteiger partial charge in [0.25, 0.3) is 0 Å². The van der Waals surface area contributed by atoms with E-state index in [1.54, 1.807) is 20.3 Å². The van der Waals surface area contributed by atoms with E-state index >= 15 is 0 Å². The maximum Gasteiger partial charge on any atom is 0.137 e. The number of rotatable bonds is 4. The average Bonchev–Trinajstić information content (AvgIpc) is 2.22. The summed E-state index contributed by atoms with van der Waals surface area (Å²) in [5, 5.41) is 0.586. The molecule has 0 saturated carbocycles. The van der Waals surface area contributed by atoms with E-state index in [0.29, 0.717) is 17.3 Å². The Hall–Kier alpha value is -0.480. The summed E-state index contributed by atoms with van der Waals surface area (Å²) in [6, 6.07) is 5.49. The molecule has 86 valence electrons. The van der Waals surface area contributed by atoms with E-state index in [1.165, 1.54) is 0 Å². The molecule has 1 unspecified atom stereocenters. The highest BCUT2D eigenvalue weighted by molar-refractivity contribution is 6.32. The quantitative estimate of drug-likeness (QED) is 0.894. The predicted molar refractivity (Wildman–Crippen MR) is 64.1 cm³/mol. The van der Waals surface area contributed by atoms with E-state index < -0.39 is 0 Å². The van der Waals surface area contributed by atoms with Crippen molar-refractivity contribution in [1.29, 1.82) is 0 Å². The second-order valence-electron chi connectivity index (χ2n) is 2.85. The number of nitrogens with two attached hydrogens (primary N) is 1. The van der Waals surface area contributed by atoms with Crippen LogP contribution in [0, 0.1) is 0 Å². The second-order valence-corrected chi connectivity index (χ2v) is 3.26. The molecule has 0 aliphatic heterocycles. The Kier molecular flexibility index (Phi) is 6.68. The number of hydrogen-bond acceptors (Lipinski definition) is 3. The van der Waals surface area contributed by atoms with Crippen LogP contribution in [0.25, 0.3) is 0 Å². The van der Waals surface area contributed by atoms with E-state index in [9.17, 15) is 0 Å². The van der Waals surface area contributed by atoms with Crippen LogP contribution in [-0.4, -0.2) is 20.8 Å². The molecule has 2 N–H and O–H groups in total. The fourth-order valence-electron chi connectivity index (χ4n) is 1.25. The molecule has 0 aliphatic carbocycles. The van der Waals surface area contributed by atoms with Crippen LogP contribution >= 0.6 is 24.0 Å². The third-order valence-electron chi connectivity index (χ3n) is 2.05. The molecule has 1 aromatic rings. The fourth-order valence-corrected chi connectivity index (χ4v) is 1.44. The van der Waals surface area contributed by atoms with Crippen LogP contribution in [0.3, 0.4) is 0 Å². The molecule has 0 amide bonds. The van der Waals surface area contributed by atoms with Crippen LogP contribution in [0.5, 0.6) is 5.75 Å². The summed E-state index contributed by atoms with van der Waals surface area (Å²) >= 11 is 5.89. The van der Waals surface area contributed by atoms with Gasteiger partial charge in [0.1, 0.15) is 5.75 Å². The molecule has 1 rings (SSSR count). The van der Waals surface area contributed by atoms with Crippen LogP contribution < -0.4 is 10.5 Å². The summed E-state index contributed by atoms with van der Waals surface area (Å²) in [6.07, 6.45) is -0.110. The number of ether oxygens (including phenoxy) is 2. The molecule has 0 spiro atoms. The smallest absolute Gasteiger partial charge is 0.137 e. The van der Waals surface area contributed by atoms with Gasteiger partial charge in [0.2, 0.25) is 0 Å². The normalized spacial score (nSPS) is 11.7. The summed E-state index contributed by atoms with van der Waals surface area (Å²) in [6.45, 7) is 0.432. The van der Waals surface area contributed by atoms with Gasteiger partial charge in [-0.15, -0.1) is 12.4 Å². The van der Waals surface area contributed by atoms with Crippen molar-refractivity contribution in [2.24, 2.45) is 5.73 Å². The molecule has 0 saturated heterocycles. The topological polar surface area (TPSA) is 44.5 Å². The second kappa shape index (κ2) is 6.90. The fraction of sp³-hybridized carbons (Fsp3) is 0.400. The first kappa shape index (κ1) is 14.5. The minimum absolute atomic E-state index is 0. The summed E-state index contributed by atoms with van der Waals surface area (Å²) < 4.78 is 10.3. The molecule has 15 heavy (non-hydrogen) atoms. The lowest BCUT2D eigenvalue weighted by Crippen LogP contribution is -2.14. The maximum absolute atomic E-state index is 5.89. The first-order valence-corrected chi connectivity index (χ1v) is 4.67. The zero-order valence-corrected chi connectivity index (χ0v) is 10.3. The van der Waals surface area contributed by atoms with E-state index in [4.69, 9.17) is 26.8 Å². The first-order valence-electron chi connectivity index (χ1n) is 4.29. The zero-order chi connectivity index (χ0) is 10.6. The van der Waals surface area contributed by atoms with Gasteiger partial charge in [0, 0.05) is 13.7 Å². The maximum atomic E-state index is 5.89. The van der Waals surface area contributed by atoms with Crippen LogP contribution in [0.4, 0.5) is 0 Å². The molecule has 0 radical (unpaired) electrons. The highest BCUT2D eigenvalue weighted by atomic mass is 35.5. The Morgan fingerprint density at radius 1 is 1.40 bits per heavy atom. The molecule has 0 heterocycles. The van der Waals surface area contributed by atoms with Gasteiger partial charge >= 0.3 is 0 Å². The molecular formula is C10H15Cl2NO2. The molecule has 1 aromatic carbocycles. The Balaban J connectivity index is 0.00000196. The minimum atomic E-state index is -0.110. The van der Waals surface area contributed by atoms with Gasteiger partial charge < -0.3 is 15.2 Å². The Morgan fingerprint density at radius 3 is 2.53 bits per heavy atom. The van der Waals surface area contributed by atoms with Crippen molar-refractivity contribution in [3.8, 4) is 5.75 Å². The van der Waals surface area contributed by atoms with E-state index in [2.05, 4.69) is 0 Å². The highest BCUT2D eigenvalue weighted by Crippen LogP contribution is 2.28. The van der Waals surface area contributed by atoms with Crippen molar-refractivity contribution in [3.05, 3.63) is 28.8 Å². The van der Waals surface area contributed by atoms with Gasteiger partial charge in [-0.1, -0.05) is 17.7 Å². The predicted octanol–water partition coefficient (Wildman–Crippen LogP) is 2.42. The third-order valence-corrected chi connectivity index (χ3v) is 2.36. The van der Waals surface area contributed by atoms with E-state index in [1.807, 2.05) is 12.1 Å². The van der Waals surface area contributed by atoms with E-state index in [-0.39, 0.29) is 18.5 Å². The van der Waals surface area contributed by atoms with Gasteiger partial charge in [-0.05, 0) is 17.7 Å². The molecule has 1 atom stereocenters. The lowest BCUT2D eigenvalue weighted by molar-refractivity contribution is 0.110. The van der Waals surface area contributed by atoms with Crippen molar-refractivity contribution in [1.82, 2.24) is 0 Å². The van der Waals surface area contributed by atoms with Crippen LogP contribution in [0.1, 0.15) is 11.7 Å². The van der Waals surface area contributed by atoms with Crippen molar-refractivity contribution in [2.75, 3.05) is 20.8 Å². The van der Waals surface area contributed by atoms with Gasteiger partial charge in [-0.2, -0.15) is 0 Å². The molecular weight excluding hydrogens is 237 g/mol. The summed E-state index contributed by atoms with van der Waals surface area (Å²) in [5.41, 5.74) is 6.51. The van der Waals surface area contributed by atoms with Crippen molar-refractivity contribution < 1.29 is 9.47 Å². The van der Waals surface area contributed by atoms with Crippen LogP contribution in [0.2, 0.25) is 5.02 Å². The monoisotopic (exact) mass is 251 g/mol. The largest absolute Gasteiger partial charge is 0.495 e. The number of benzene rings is 1. The Labute approximate surface area is 101 Å². The number of halogens is 2.